The summed E-state index contributed by atoms with van der Waals surface area (Å²) >= 11 is 4.74. The van der Waals surface area contributed by atoms with Gasteiger partial charge in [0.05, 0.1) is 5.75 Å². The largest absolute Gasteiger partial charge is 0.335 e. The predicted molar refractivity (Wildman–Crippen MR) is 81.3 cm³/mol. The third-order valence-electron chi connectivity index (χ3n) is 2.43. The number of carbonyl (C=O) groups is 2. The van der Waals surface area contributed by atoms with Crippen molar-refractivity contribution in [2.75, 3.05) is 5.75 Å². The van der Waals surface area contributed by atoms with Crippen molar-refractivity contribution in [1.29, 1.82) is 0 Å². The topological polar surface area (TPSA) is 58.2 Å². The van der Waals surface area contributed by atoms with Gasteiger partial charge in [-0.1, -0.05) is 22.9 Å². The van der Waals surface area contributed by atoms with E-state index in [0.29, 0.717) is 0 Å². The van der Waals surface area contributed by atoms with Crippen LogP contribution in [-0.2, 0) is 4.79 Å². The first-order chi connectivity index (χ1) is 9.01. The predicted octanol–water partition coefficient (Wildman–Crippen LogP) is 3.17. The van der Waals surface area contributed by atoms with Crippen LogP contribution in [0.2, 0.25) is 0 Å². The highest BCUT2D eigenvalue weighted by molar-refractivity contribution is 9.10. The molecule has 0 aromatic heterocycles. The fraction of sp³-hybridized carbons (Fsp3) is 0.385. The quantitative estimate of drug-likeness (QED) is 0.806. The number of hydrogen-bond acceptors (Lipinski definition) is 3. The van der Waals surface area contributed by atoms with Gasteiger partial charge < -0.3 is 5.32 Å². The zero-order valence-electron chi connectivity index (χ0n) is 10.9. The van der Waals surface area contributed by atoms with Gasteiger partial charge in [0.2, 0.25) is 5.91 Å². The molecule has 0 unspecified atom stereocenters. The molecule has 2 N–H and O–H groups in total. The molecule has 0 aliphatic rings. The van der Waals surface area contributed by atoms with Crippen molar-refractivity contribution < 1.29 is 9.59 Å². The standard InChI is InChI=1S/C13H17BrN2O2S/c1-3-9(2)15-13(18)16-12(17)8-19-11-6-4-10(14)5-7-11/h4-7,9H,3,8H2,1-2H3,(H2,15,16,17,18)/t9-/m0/s1. The zero-order valence-corrected chi connectivity index (χ0v) is 13.3. The smallest absolute Gasteiger partial charge is 0.321 e. The SMILES string of the molecule is CC[C@H](C)NC(=O)NC(=O)CSc1ccc(Br)cc1. The van der Waals surface area contributed by atoms with Gasteiger partial charge in [-0.15, -0.1) is 11.8 Å². The zero-order chi connectivity index (χ0) is 14.3. The van der Waals surface area contributed by atoms with Gasteiger partial charge >= 0.3 is 6.03 Å². The molecule has 1 rings (SSSR count). The Balaban J connectivity index is 2.31. The maximum absolute atomic E-state index is 11.6. The lowest BCUT2D eigenvalue weighted by Gasteiger charge is -2.11. The number of thioether (sulfide) groups is 1. The van der Waals surface area contributed by atoms with Crippen molar-refractivity contribution >= 4 is 39.6 Å². The average molecular weight is 345 g/mol. The third-order valence-corrected chi connectivity index (χ3v) is 3.97. The van der Waals surface area contributed by atoms with Crippen molar-refractivity contribution in [3.8, 4) is 0 Å². The van der Waals surface area contributed by atoms with Crippen LogP contribution in [0.1, 0.15) is 20.3 Å². The fourth-order valence-corrected chi connectivity index (χ4v) is 2.17. The molecule has 1 atom stereocenters. The molecule has 0 radical (unpaired) electrons. The van der Waals surface area contributed by atoms with Crippen LogP contribution in [0.3, 0.4) is 0 Å². The second-order valence-corrected chi connectivity index (χ2v) is 6.04. The highest BCUT2D eigenvalue weighted by Crippen LogP contribution is 2.20. The fourth-order valence-electron chi connectivity index (χ4n) is 1.20. The Bertz CT molecular complexity index is 437. The van der Waals surface area contributed by atoms with Gasteiger partial charge in [0.25, 0.3) is 0 Å². The lowest BCUT2D eigenvalue weighted by molar-refractivity contribution is -0.117. The number of imide groups is 1. The summed E-state index contributed by atoms with van der Waals surface area (Å²) in [4.78, 5) is 24.0. The molecule has 0 saturated heterocycles. The molecule has 1 aromatic carbocycles. The summed E-state index contributed by atoms with van der Waals surface area (Å²) < 4.78 is 0.995. The molecule has 0 aliphatic carbocycles. The molecule has 1 aromatic rings. The van der Waals surface area contributed by atoms with Crippen molar-refractivity contribution in [2.24, 2.45) is 0 Å². The summed E-state index contributed by atoms with van der Waals surface area (Å²) in [6.45, 7) is 3.86. The van der Waals surface area contributed by atoms with Gasteiger partial charge in [0.15, 0.2) is 0 Å². The van der Waals surface area contributed by atoms with Crippen LogP contribution in [0.15, 0.2) is 33.6 Å². The first kappa shape index (κ1) is 16.0. The Hall–Kier alpha value is -1.01. The lowest BCUT2D eigenvalue weighted by Crippen LogP contribution is -2.43. The highest BCUT2D eigenvalue weighted by Gasteiger charge is 2.09. The normalized spacial score (nSPS) is 11.7. The molecule has 104 valence electrons. The molecule has 0 bridgehead atoms. The summed E-state index contributed by atoms with van der Waals surface area (Å²) in [5, 5.41) is 4.99. The van der Waals surface area contributed by atoms with E-state index in [-0.39, 0.29) is 17.7 Å². The van der Waals surface area contributed by atoms with E-state index < -0.39 is 6.03 Å². The molecule has 0 saturated carbocycles. The summed E-state index contributed by atoms with van der Waals surface area (Å²) in [5.74, 6) is -0.0797. The Morgan fingerprint density at radius 2 is 1.95 bits per heavy atom. The van der Waals surface area contributed by atoms with Crippen LogP contribution >= 0.6 is 27.7 Å². The van der Waals surface area contributed by atoms with E-state index in [9.17, 15) is 9.59 Å². The van der Waals surface area contributed by atoms with Crippen LogP contribution in [0.25, 0.3) is 0 Å². The molecular weight excluding hydrogens is 328 g/mol. The molecule has 0 heterocycles. The summed E-state index contributed by atoms with van der Waals surface area (Å²) in [6.07, 6.45) is 0.829. The van der Waals surface area contributed by atoms with E-state index in [0.717, 1.165) is 15.8 Å². The molecule has 0 spiro atoms. The van der Waals surface area contributed by atoms with Crippen molar-refractivity contribution in [3.05, 3.63) is 28.7 Å². The Labute approximate surface area is 125 Å². The minimum atomic E-state index is -0.434. The van der Waals surface area contributed by atoms with Crippen LogP contribution in [0.4, 0.5) is 4.79 Å². The van der Waals surface area contributed by atoms with Crippen molar-refractivity contribution in [3.63, 3.8) is 0 Å². The highest BCUT2D eigenvalue weighted by atomic mass is 79.9. The van der Waals surface area contributed by atoms with Crippen molar-refractivity contribution in [1.82, 2.24) is 10.6 Å². The number of benzene rings is 1. The lowest BCUT2D eigenvalue weighted by atomic mass is 10.3. The number of hydrogen-bond donors (Lipinski definition) is 2. The maximum Gasteiger partial charge on any atom is 0.321 e. The Morgan fingerprint density at radius 1 is 1.32 bits per heavy atom. The number of urea groups is 1. The second-order valence-electron chi connectivity index (χ2n) is 4.07. The summed E-state index contributed by atoms with van der Waals surface area (Å²) in [5.41, 5.74) is 0. The molecule has 0 aliphatic heterocycles. The number of nitrogens with one attached hydrogen (secondary N) is 2. The first-order valence-electron chi connectivity index (χ1n) is 6.00. The van der Waals surface area contributed by atoms with Gasteiger partial charge in [0.1, 0.15) is 0 Å². The number of halogens is 1. The summed E-state index contributed by atoms with van der Waals surface area (Å²) in [6, 6.07) is 7.29. The molecule has 6 heteroatoms. The Kier molecular flexibility index (Phi) is 6.94. The minimum absolute atomic E-state index is 0.0620. The summed E-state index contributed by atoms with van der Waals surface area (Å²) in [7, 11) is 0. The van der Waals surface area contributed by atoms with E-state index in [2.05, 4.69) is 26.6 Å². The number of rotatable bonds is 5. The number of carbonyl (C=O) groups excluding carboxylic acids is 2. The van der Waals surface area contributed by atoms with E-state index in [1.54, 1.807) is 0 Å². The second kappa shape index (κ2) is 8.22. The third kappa shape index (κ3) is 6.63. The average Bonchev–Trinajstić information content (AvgIpc) is 2.37. The van der Waals surface area contributed by atoms with E-state index in [1.807, 2.05) is 38.1 Å². The van der Waals surface area contributed by atoms with Gasteiger partial charge in [-0.05, 0) is 37.6 Å². The monoisotopic (exact) mass is 344 g/mol. The van der Waals surface area contributed by atoms with Crippen LogP contribution in [0.5, 0.6) is 0 Å². The maximum atomic E-state index is 11.6. The first-order valence-corrected chi connectivity index (χ1v) is 7.77. The molecular formula is C13H17BrN2O2S. The molecule has 19 heavy (non-hydrogen) atoms. The van der Waals surface area contributed by atoms with Gasteiger partial charge in [0, 0.05) is 15.4 Å². The van der Waals surface area contributed by atoms with E-state index >= 15 is 0 Å². The Morgan fingerprint density at radius 3 is 2.53 bits per heavy atom. The van der Waals surface area contributed by atoms with Gasteiger partial charge in [-0.3, -0.25) is 10.1 Å². The van der Waals surface area contributed by atoms with E-state index in [1.165, 1.54) is 11.8 Å². The van der Waals surface area contributed by atoms with Crippen molar-refractivity contribution in [2.45, 2.75) is 31.2 Å². The van der Waals surface area contributed by atoms with Crippen LogP contribution in [0, 0.1) is 0 Å². The van der Waals surface area contributed by atoms with Crippen LogP contribution < -0.4 is 10.6 Å². The van der Waals surface area contributed by atoms with E-state index in [4.69, 9.17) is 0 Å². The van der Waals surface area contributed by atoms with Gasteiger partial charge in [-0.2, -0.15) is 0 Å². The minimum Gasteiger partial charge on any atom is -0.335 e. The van der Waals surface area contributed by atoms with Gasteiger partial charge in [-0.25, -0.2) is 4.79 Å². The molecule has 0 fully saturated rings. The molecule has 4 nitrogen and oxygen atoms in total. The molecule has 3 amide bonds. The number of amides is 3. The van der Waals surface area contributed by atoms with Crippen LogP contribution in [-0.4, -0.2) is 23.7 Å².